The Morgan fingerprint density at radius 2 is 1.55 bits per heavy atom. The first-order valence-corrected chi connectivity index (χ1v) is 15.6. The van der Waals surface area contributed by atoms with Crippen molar-refractivity contribution in [1.29, 1.82) is 0 Å². The van der Waals surface area contributed by atoms with Gasteiger partial charge < -0.3 is 5.32 Å². The van der Waals surface area contributed by atoms with Gasteiger partial charge in [0.15, 0.2) is 0 Å². The van der Waals surface area contributed by atoms with Crippen molar-refractivity contribution in [2.45, 2.75) is 19.8 Å². The van der Waals surface area contributed by atoms with Gasteiger partial charge in [0.25, 0.3) is 0 Å². The van der Waals surface area contributed by atoms with Crippen LogP contribution in [0.25, 0.3) is 39.1 Å². The molecule has 0 fully saturated rings. The van der Waals surface area contributed by atoms with Crippen molar-refractivity contribution in [3.05, 3.63) is 167 Å². The van der Waals surface area contributed by atoms with E-state index >= 15 is 0 Å². The fraction of sp³-hybridized carbons (Fsp3) is 0.119. The molecule has 5 aromatic rings. The molecule has 0 bridgehead atoms. The monoisotopic (exact) mass is 568 g/mol. The summed E-state index contributed by atoms with van der Waals surface area (Å²) in [6, 6.07) is 41.5. The molecule has 0 saturated carbocycles. The number of rotatable bonds is 7. The lowest BCUT2D eigenvalue weighted by molar-refractivity contribution is 0.973. The fourth-order valence-corrected chi connectivity index (χ4v) is 6.23. The van der Waals surface area contributed by atoms with Gasteiger partial charge in [0.1, 0.15) is 0 Å². The summed E-state index contributed by atoms with van der Waals surface area (Å²) in [5.74, 6) is 0. The van der Waals surface area contributed by atoms with Crippen molar-refractivity contribution >= 4 is 39.4 Å². The van der Waals surface area contributed by atoms with Gasteiger partial charge in [-0.15, -0.1) is 0 Å². The Hall–Kier alpha value is -5.21. The molecule has 2 heterocycles. The number of aliphatic imine (C=N–C) groups is 1. The number of allylic oxidation sites excluding steroid dienone is 4. The van der Waals surface area contributed by atoms with Crippen molar-refractivity contribution in [3.8, 4) is 11.1 Å². The van der Waals surface area contributed by atoms with Gasteiger partial charge in [0, 0.05) is 23.4 Å². The minimum atomic E-state index is 0.642. The Kier molecular flexibility index (Phi) is 7.89. The van der Waals surface area contributed by atoms with E-state index in [4.69, 9.17) is 4.99 Å². The lowest BCUT2D eigenvalue weighted by Gasteiger charge is -2.20. The van der Waals surface area contributed by atoms with Crippen LogP contribution in [0.15, 0.2) is 150 Å². The van der Waals surface area contributed by atoms with Crippen LogP contribution in [0.2, 0.25) is 0 Å². The molecule has 214 valence electrons. The Bertz CT molecular complexity index is 1970. The molecule has 0 amide bonds. The van der Waals surface area contributed by atoms with Gasteiger partial charge in [-0.05, 0) is 68.3 Å². The number of hydrogen-bond donors (Lipinski definition) is 1. The van der Waals surface area contributed by atoms with Crippen molar-refractivity contribution in [2.24, 2.45) is 4.99 Å². The second-order valence-corrected chi connectivity index (χ2v) is 11.5. The average molecular weight is 569 g/mol. The lowest BCUT2D eigenvalue weighted by Crippen LogP contribution is -2.09. The molecule has 0 aliphatic carbocycles. The number of hydrogen-bond acceptors (Lipinski definition) is 2. The summed E-state index contributed by atoms with van der Waals surface area (Å²) in [5.41, 5.74) is 13.4. The SMILES string of the molecule is CCC/C(=C\C=C1/CN=C(c2ccc3ccccc3c2)C=C1c1ccc(-c2cccc3c2NCC=C3)cc1)c1ccccc1. The predicted octanol–water partition coefficient (Wildman–Crippen LogP) is 10.6. The highest BCUT2D eigenvalue weighted by atomic mass is 14.9. The van der Waals surface area contributed by atoms with E-state index in [-0.39, 0.29) is 0 Å². The van der Waals surface area contributed by atoms with Crippen LogP contribution in [0.3, 0.4) is 0 Å². The minimum absolute atomic E-state index is 0.642. The van der Waals surface area contributed by atoms with Gasteiger partial charge in [0.05, 0.1) is 12.3 Å². The highest BCUT2D eigenvalue weighted by molar-refractivity contribution is 6.16. The topological polar surface area (TPSA) is 24.4 Å². The lowest BCUT2D eigenvalue weighted by atomic mass is 9.89. The van der Waals surface area contributed by atoms with Gasteiger partial charge in [0.2, 0.25) is 0 Å². The van der Waals surface area contributed by atoms with E-state index in [1.54, 1.807) is 0 Å². The zero-order valence-electron chi connectivity index (χ0n) is 25.1. The van der Waals surface area contributed by atoms with Crippen LogP contribution in [0, 0.1) is 0 Å². The molecule has 0 unspecified atom stereocenters. The number of anilines is 1. The van der Waals surface area contributed by atoms with Gasteiger partial charge in [-0.25, -0.2) is 0 Å². The van der Waals surface area contributed by atoms with Crippen LogP contribution in [-0.4, -0.2) is 18.8 Å². The molecule has 44 heavy (non-hydrogen) atoms. The molecule has 2 aliphatic heterocycles. The average Bonchev–Trinajstić information content (AvgIpc) is 3.10. The second-order valence-electron chi connectivity index (χ2n) is 11.5. The second kappa shape index (κ2) is 12.6. The van der Waals surface area contributed by atoms with Gasteiger partial charge >= 0.3 is 0 Å². The quantitative estimate of drug-likeness (QED) is 0.207. The van der Waals surface area contributed by atoms with Crippen molar-refractivity contribution in [2.75, 3.05) is 18.4 Å². The molecular formula is C42H36N2. The third-order valence-corrected chi connectivity index (χ3v) is 8.54. The van der Waals surface area contributed by atoms with Gasteiger partial charge in [-0.1, -0.05) is 147 Å². The molecular weight excluding hydrogens is 532 g/mol. The van der Waals surface area contributed by atoms with E-state index in [2.05, 4.69) is 158 Å². The van der Waals surface area contributed by atoms with Crippen LogP contribution in [0.4, 0.5) is 5.69 Å². The number of nitrogens with one attached hydrogen (secondary N) is 1. The molecule has 1 N–H and O–H groups in total. The number of para-hydroxylation sites is 1. The zero-order valence-corrected chi connectivity index (χ0v) is 25.1. The predicted molar refractivity (Wildman–Crippen MR) is 190 cm³/mol. The van der Waals surface area contributed by atoms with Crippen molar-refractivity contribution in [3.63, 3.8) is 0 Å². The van der Waals surface area contributed by atoms with E-state index in [1.165, 1.54) is 61.0 Å². The Balaban J connectivity index is 1.29. The third-order valence-electron chi connectivity index (χ3n) is 8.54. The minimum Gasteiger partial charge on any atom is -0.381 e. The largest absolute Gasteiger partial charge is 0.381 e. The molecule has 0 saturated heterocycles. The molecule has 2 nitrogen and oxygen atoms in total. The molecule has 2 heteroatoms. The maximum atomic E-state index is 5.10. The summed E-state index contributed by atoms with van der Waals surface area (Å²) in [5, 5.41) is 6.05. The van der Waals surface area contributed by atoms with Crippen LogP contribution >= 0.6 is 0 Å². The standard InChI is InChI=1S/C42H36N2/c1-2-10-30(31-11-4-3-5-12-31)19-25-38-29-44-41(37-24-18-32-13-6-7-14-36(32)27-37)28-40(38)34-22-20-33(21-23-34)39-17-8-15-35-16-9-26-43-42(35)39/h3-9,11-25,27-28,43H,2,10,26,29H2,1H3/b30-19+,38-25+. The van der Waals surface area contributed by atoms with E-state index in [9.17, 15) is 0 Å². The van der Waals surface area contributed by atoms with Crippen molar-refractivity contribution in [1.82, 2.24) is 0 Å². The Morgan fingerprint density at radius 3 is 2.39 bits per heavy atom. The van der Waals surface area contributed by atoms with Crippen LogP contribution in [-0.2, 0) is 0 Å². The number of nitrogens with zero attached hydrogens (tertiary/aromatic N) is 1. The molecule has 2 aliphatic rings. The molecule has 5 aromatic carbocycles. The maximum Gasteiger partial charge on any atom is 0.0657 e. The van der Waals surface area contributed by atoms with E-state index in [1.807, 2.05) is 0 Å². The summed E-state index contributed by atoms with van der Waals surface area (Å²) in [4.78, 5) is 5.10. The molecule has 7 rings (SSSR count). The Labute approximate surface area is 260 Å². The van der Waals surface area contributed by atoms with Gasteiger partial charge in [-0.3, -0.25) is 4.99 Å². The Morgan fingerprint density at radius 1 is 0.773 bits per heavy atom. The normalized spacial score (nSPS) is 15.5. The van der Waals surface area contributed by atoms with Crippen LogP contribution < -0.4 is 5.32 Å². The van der Waals surface area contributed by atoms with Crippen molar-refractivity contribution < 1.29 is 0 Å². The first-order chi connectivity index (χ1) is 21.8. The summed E-state index contributed by atoms with van der Waals surface area (Å²) >= 11 is 0. The molecule has 0 radical (unpaired) electrons. The summed E-state index contributed by atoms with van der Waals surface area (Å²) in [6.07, 6.45) is 13.4. The summed E-state index contributed by atoms with van der Waals surface area (Å²) < 4.78 is 0. The smallest absolute Gasteiger partial charge is 0.0657 e. The highest BCUT2D eigenvalue weighted by Crippen LogP contribution is 2.36. The first-order valence-electron chi connectivity index (χ1n) is 15.6. The van der Waals surface area contributed by atoms with E-state index in [0.717, 1.165) is 30.7 Å². The summed E-state index contributed by atoms with van der Waals surface area (Å²) in [7, 11) is 0. The highest BCUT2D eigenvalue weighted by Gasteiger charge is 2.17. The number of fused-ring (bicyclic) bond motifs is 2. The van der Waals surface area contributed by atoms with E-state index < -0.39 is 0 Å². The number of dihydropyridines is 1. The maximum absolute atomic E-state index is 5.10. The first kappa shape index (κ1) is 27.6. The van der Waals surface area contributed by atoms with E-state index in [0.29, 0.717) is 6.54 Å². The van der Waals surface area contributed by atoms with Crippen LogP contribution in [0.1, 0.15) is 42.0 Å². The number of benzene rings is 5. The molecule has 0 spiro atoms. The molecule has 0 aromatic heterocycles. The molecule has 0 atom stereocenters. The zero-order chi connectivity index (χ0) is 29.7. The summed E-state index contributed by atoms with van der Waals surface area (Å²) in [6.45, 7) is 3.74. The van der Waals surface area contributed by atoms with Gasteiger partial charge in [-0.2, -0.15) is 0 Å². The third kappa shape index (κ3) is 5.72. The van der Waals surface area contributed by atoms with Crippen LogP contribution in [0.5, 0.6) is 0 Å². The fourth-order valence-electron chi connectivity index (χ4n) is 6.23.